The van der Waals surface area contributed by atoms with Gasteiger partial charge in [-0.05, 0) is 50.6 Å². The lowest BCUT2D eigenvalue weighted by Gasteiger charge is -2.23. The Bertz CT molecular complexity index is 537. The molecule has 2 aromatic rings. The number of aromatic amines is 1. The van der Waals surface area contributed by atoms with Crippen LogP contribution in [0.1, 0.15) is 19.2 Å². The molecule has 1 aromatic heterocycles. The number of hydrogen-bond acceptors (Lipinski definition) is 4. The van der Waals surface area contributed by atoms with Crippen molar-refractivity contribution in [2.75, 3.05) is 24.8 Å². The maximum atomic E-state index is 5.78. The number of imidazole rings is 1. The molecule has 0 radical (unpaired) electrons. The molecule has 3 N–H and O–H groups in total. The molecule has 0 saturated heterocycles. The Kier molecular flexibility index (Phi) is 4.71. The number of benzene rings is 1. The van der Waals surface area contributed by atoms with Gasteiger partial charge in [-0.2, -0.15) is 11.8 Å². The number of nitrogens with zero attached hydrogens (tertiary/aromatic N) is 2. The van der Waals surface area contributed by atoms with Crippen molar-refractivity contribution in [2.24, 2.45) is 0 Å². The Morgan fingerprint density at radius 2 is 2.26 bits per heavy atom. The van der Waals surface area contributed by atoms with E-state index in [-0.39, 0.29) is 0 Å². The number of thioether (sulfide) groups is 1. The lowest BCUT2D eigenvalue weighted by molar-refractivity contribution is 0.240. The number of nitrogen functional groups attached to an aromatic ring is 1. The van der Waals surface area contributed by atoms with Gasteiger partial charge in [0.25, 0.3) is 0 Å². The molecular weight excluding hydrogens is 256 g/mol. The Morgan fingerprint density at radius 3 is 3.00 bits per heavy atom. The third-order valence-electron chi connectivity index (χ3n) is 3.45. The van der Waals surface area contributed by atoms with Crippen molar-refractivity contribution in [1.82, 2.24) is 14.9 Å². The first-order chi connectivity index (χ1) is 9.10. The van der Waals surface area contributed by atoms with E-state index in [1.54, 1.807) is 0 Å². The van der Waals surface area contributed by atoms with Gasteiger partial charge < -0.3 is 10.7 Å². The molecule has 1 aromatic carbocycles. The van der Waals surface area contributed by atoms with Gasteiger partial charge in [-0.15, -0.1) is 0 Å². The van der Waals surface area contributed by atoms with E-state index in [4.69, 9.17) is 5.73 Å². The maximum absolute atomic E-state index is 5.78. The number of aromatic nitrogens is 2. The summed E-state index contributed by atoms with van der Waals surface area (Å²) in [6.07, 6.45) is 3.35. The summed E-state index contributed by atoms with van der Waals surface area (Å²) in [5, 5.41) is 0. The molecule has 0 aliphatic carbocycles. The van der Waals surface area contributed by atoms with Gasteiger partial charge in [0.1, 0.15) is 5.82 Å². The van der Waals surface area contributed by atoms with Crippen molar-refractivity contribution < 1.29 is 0 Å². The van der Waals surface area contributed by atoms with E-state index in [1.165, 1.54) is 12.2 Å². The molecule has 0 amide bonds. The fourth-order valence-corrected chi connectivity index (χ4v) is 2.63. The molecule has 5 heteroatoms. The second-order valence-corrected chi connectivity index (χ2v) is 5.99. The Balaban J connectivity index is 2.04. The highest BCUT2D eigenvalue weighted by Crippen LogP contribution is 2.16. The number of H-pyrrole nitrogens is 1. The second-order valence-electron chi connectivity index (χ2n) is 5.01. The number of nitrogens with one attached hydrogen (secondary N) is 1. The van der Waals surface area contributed by atoms with Crippen LogP contribution in [0.4, 0.5) is 5.69 Å². The summed E-state index contributed by atoms with van der Waals surface area (Å²) in [6, 6.07) is 6.34. The largest absolute Gasteiger partial charge is 0.399 e. The molecule has 0 aliphatic heterocycles. The Labute approximate surface area is 118 Å². The highest BCUT2D eigenvalue weighted by atomic mass is 32.2. The average molecular weight is 278 g/mol. The van der Waals surface area contributed by atoms with Gasteiger partial charge in [-0.3, -0.25) is 4.90 Å². The zero-order chi connectivity index (χ0) is 13.8. The molecule has 2 rings (SSSR count). The third-order valence-corrected chi connectivity index (χ3v) is 4.09. The van der Waals surface area contributed by atoms with Crippen LogP contribution in [0.5, 0.6) is 0 Å². The first-order valence-corrected chi connectivity index (χ1v) is 7.93. The highest BCUT2D eigenvalue weighted by molar-refractivity contribution is 7.98. The molecule has 0 spiro atoms. The fourth-order valence-electron chi connectivity index (χ4n) is 2.06. The maximum Gasteiger partial charge on any atom is 0.121 e. The quantitative estimate of drug-likeness (QED) is 0.798. The number of nitrogens with two attached hydrogens (primary N) is 1. The Morgan fingerprint density at radius 1 is 1.47 bits per heavy atom. The van der Waals surface area contributed by atoms with E-state index >= 15 is 0 Å². The number of hydrogen-bond donors (Lipinski definition) is 2. The van der Waals surface area contributed by atoms with Crippen molar-refractivity contribution in [2.45, 2.75) is 25.9 Å². The van der Waals surface area contributed by atoms with E-state index in [0.717, 1.165) is 29.1 Å². The minimum Gasteiger partial charge on any atom is -0.399 e. The van der Waals surface area contributed by atoms with Crippen LogP contribution in [0.3, 0.4) is 0 Å². The molecular formula is C14H22N4S. The zero-order valence-corrected chi connectivity index (χ0v) is 12.6. The molecule has 19 heavy (non-hydrogen) atoms. The smallest absolute Gasteiger partial charge is 0.121 e. The molecule has 1 unspecified atom stereocenters. The van der Waals surface area contributed by atoms with Gasteiger partial charge in [0, 0.05) is 11.7 Å². The molecule has 0 saturated carbocycles. The molecule has 0 fully saturated rings. The summed E-state index contributed by atoms with van der Waals surface area (Å²) in [4.78, 5) is 10.3. The molecule has 104 valence electrons. The van der Waals surface area contributed by atoms with Crippen molar-refractivity contribution in [3.63, 3.8) is 0 Å². The summed E-state index contributed by atoms with van der Waals surface area (Å²) >= 11 is 1.90. The lowest BCUT2D eigenvalue weighted by Crippen LogP contribution is -2.29. The molecule has 1 heterocycles. The number of rotatable bonds is 6. The second kappa shape index (κ2) is 6.30. The van der Waals surface area contributed by atoms with E-state index < -0.39 is 0 Å². The SMILES string of the molecule is CSCCC(C)N(C)Cc1nc2ccc(N)cc2[nH]1. The number of anilines is 1. The summed E-state index contributed by atoms with van der Waals surface area (Å²) in [5.41, 5.74) is 8.54. The van der Waals surface area contributed by atoms with Crippen LogP contribution in [0, 0.1) is 0 Å². The number of fused-ring (bicyclic) bond motifs is 1. The van der Waals surface area contributed by atoms with Gasteiger partial charge in [0.15, 0.2) is 0 Å². The highest BCUT2D eigenvalue weighted by Gasteiger charge is 2.11. The summed E-state index contributed by atoms with van der Waals surface area (Å²) in [6.45, 7) is 3.10. The lowest BCUT2D eigenvalue weighted by atomic mass is 10.2. The van der Waals surface area contributed by atoms with E-state index in [1.807, 2.05) is 30.0 Å². The predicted molar refractivity (Wildman–Crippen MR) is 84.4 cm³/mol. The van der Waals surface area contributed by atoms with Crippen LogP contribution in [-0.2, 0) is 6.54 Å². The Hall–Kier alpha value is -1.20. The first-order valence-electron chi connectivity index (χ1n) is 6.53. The van der Waals surface area contributed by atoms with E-state index in [9.17, 15) is 0 Å². The molecule has 0 aliphatic rings. The van der Waals surface area contributed by atoms with Gasteiger partial charge in [0.2, 0.25) is 0 Å². The van der Waals surface area contributed by atoms with Crippen molar-refractivity contribution in [3.8, 4) is 0 Å². The van der Waals surface area contributed by atoms with Crippen LogP contribution < -0.4 is 5.73 Å². The van der Waals surface area contributed by atoms with E-state index in [0.29, 0.717) is 6.04 Å². The summed E-state index contributed by atoms with van der Waals surface area (Å²) in [7, 11) is 2.15. The van der Waals surface area contributed by atoms with Crippen LogP contribution in [0.2, 0.25) is 0 Å². The standard InChI is InChI=1S/C14H22N4S/c1-10(6-7-19-3)18(2)9-14-16-12-5-4-11(15)8-13(12)17-14/h4-5,8,10H,6-7,9,15H2,1-3H3,(H,16,17). The van der Waals surface area contributed by atoms with Gasteiger partial charge in [-0.25, -0.2) is 4.98 Å². The fraction of sp³-hybridized carbons (Fsp3) is 0.500. The monoisotopic (exact) mass is 278 g/mol. The first kappa shape index (κ1) is 14.2. The zero-order valence-electron chi connectivity index (χ0n) is 11.8. The topological polar surface area (TPSA) is 57.9 Å². The van der Waals surface area contributed by atoms with Gasteiger partial charge in [0.05, 0.1) is 17.6 Å². The van der Waals surface area contributed by atoms with Gasteiger partial charge in [-0.1, -0.05) is 0 Å². The minimum absolute atomic E-state index is 0.561. The molecule has 4 nitrogen and oxygen atoms in total. The minimum atomic E-state index is 0.561. The van der Waals surface area contributed by atoms with Crippen LogP contribution in [0.15, 0.2) is 18.2 Å². The molecule has 1 atom stereocenters. The average Bonchev–Trinajstić information content (AvgIpc) is 2.77. The van der Waals surface area contributed by atoms with Crippen LogP contribution >= 0.6 is 11.8 Å². The van der Waals surface area contributed by atoms with Crippen molar-refractivity contribution in [1.29, 1.82) is 0 Å². The van der Waals surface area contributed by atoms with Crippen molar-refractivity contribution in [3.05, 3.63) is 24.0 Å². The summed E-state index contributed by atoms with van der Waals surface area (Å²) < 4.78 is 0. The van der Waals surface area contributed by atoms with Gasteiger partial charge >= 0.3 is 0 Å². The summed E-state index contributed by atoms with van der Waals surface area (Å²) in [5.74, 6) is 2.20. The normalized spacial score (nSPS) is 13.3. The van der Waals surface area contributed by atoms with E-state index in [2.05, 4.69) is 35.1 Å². The van der Waals surface area contributed by atoms with Crippen LogP contribution in [-0.4, -0.2) is 40.0 Å². The third kappa shape index (κ3) is 3.64. The van der Waals surface area contributed by atoms with Crippen molar-refractivity contribution >= 4 is 28.5 Å². The van der Waals surface area contributed by atoms with Crippen LogP contribution in [0.25, 0.3) is 11.0 Å². The molecule has 0 bridgehead atoms. The predicted octanol–water partition coefficient (Wildman–Crippen LogP) is 2.72.